The van der Waals surface area contributed by atoms with E-state index >= 15 is 0 Å². The zero-order chi connectivity index (χ0) is 20.5. The van der Waals surface area contributed by atoms with E-state index in [-0.39, 0.29) is 17.0 Å². The first-order valence-corrected chi connectivity index (χ1v) is 9.19. The topological polar surface area (TPSA) is 87.2 Å². The van der Waals surface area contributed by atoms with E-state index in [0.717, 1.165) is 11.3 Å². The SMILES string of the molecule is COc1ccc(N2C(=O)c3ccc(C(=O)N4CCN(C=O)CC4)cc3C2=O)cc1. The molecular formula is C21H19N3O5. The third-order valence-corrected chi connectivity index (χ3v) is 5.21. The summed E-state index contributed by atoms with van der Waals surface area (Å²) < 4.78 is 5.11. The van der Waals surface area contributed by atoms with Gasteiger partial charge in [0.1, 0.15) is 5.75 Å². The molecule has 0 spiro atoms. The molecule has 4 rings (SSSR count). The standard InChI is InChI=1S/C21H19N3O5/c1-29-16-5-3-15(4-6-16)24-20(27)17-7-2-14(12-18(17)21(24)28)19(26)23-10-8-22(13-25)9-11-23/h2-7,12-13H,8-11H2,1H3. The van der Waals surface area contributed by atoms with E-state index < -0.39 is 11.8 Å². The molecule has 2 aromatic carbocycles. The molecule has 4 amide bonds. The minimum Gasteiger partial charge on any atom is -0.497 e. The highest BCUT2D eigenvalue weighted by Gasteiger charge is 2.37. The first-order valence-electron chi connectivity index (χ1n) is 9.19. The summed E-state index contributed by atoms with van der Waals surface area (Å²) in [6, 6.07) is 11.2. The van der Waals surface area contributed by atoms with Gasteiger partial charge in [0.15, 0.2) is 0 Å². The van der Waals surface area contributed by atoms with E-state index in [0.29, 0.717) is 43.2 Å². The molecule has 148 valence electrons. The number of anilines is 1. The Labute approximate surface area is 167 Å². The molecular weight excluding hydrogens is 374 g/mol. The maximum Gasteiger partial charge on any atom is 0.266 e. The summed E-state index contributed by atoms with van der Waals surface area (Å²) in [5, 5.41) is 0. The monoisotopic (exact) mass is 393 g/mol. The summed E-state index contributed by atoms with van der Waals surface area (Å²) in [5.74, 6) is -0.487. The van der Waals surface area contributed by atoms with E-state index in [9.17, 15) is 19.2 Å². The van der Waals surface area contributed by atoms with Gasteiger partial charge >= 0.3 is 0 Å². The normalized spacial score (nSPS) is 16.1. The number of methoxy groups -OCH3 is 1. The van der Waals surface area contributed by atoms with Crippen molar-refractivity contribution < 1.29 is 23.9 Å². The summed E-state index contributed by atoms with van der Waals surface area (Å²) in [7, 11) is 1.54. The number of benzene rings is 2. The number of carbonyl (C=O) groups excluding carboxylic acids is 4. The van der Waals surface area contributed by atoms with E-state index in [1.165, 1.54) is 19.2 Å². The van der Waals surface area contributed by atoms with Crippen LogP contribution in [0.5, 0.6) is 5.75 Å². The number of amides is 4. The van der Waals surface area contributed by atoms with Crippen LogP contribution in [-0.4, -0.2) is 67.2 Å². The van der Waals surface area contributed by atoms with Gasteiger partial charge in [0.2, 0.25) is 6.41 Å². The van der Waals surface area contributed by atoms with Crippen molar-refractivity contribution in [3.63, 3.8) is 0 Å². The second kappa shape index (κ2) is 7.38. The Morgan fingerprint density at radius 1 is 0.931 bits per heavy atom. The average molecular weight is 393 g/mol. The lowest BCUT2D eigenvalue weighted by molar-refractivity contribution is -0.119. The zero-order valence-corrected chi connectivity index (χ0v) is 15.8. The lowest BCUT2D eigenvalue weighted by Crippen LogP contribution is -2.48. The van der Waals surface area contributed by atoms with Crippen LogP contribution in [0.25, 0.3) is 0 Å². The molecule has 0 unspecified atom stereocenters. The van der Waals surface area contributed by atoms with E-state index in [1.807, 2.05) is 0 Å². The number of carbonyl (C=O) groups is 4. The highest BCUT2D eigenvalue weighted by atomic mass is 16.5. The fraction of sp³-hybridized carbons (Fsp3) is 0.238. The molecule has 8 heteroatoms. The van der Waals surface area contributed by atoms with Gasteiger partial charge in [-0.1, -0.05) is 0 Å². The molecule has 2 aliphatic rings. The second-order valence-corrected chi connectivity index (χ2v) is 6.84. The highest BCUT2D eigenvalue weighted by molar-refractivity contribution is 6.34. The van der Waals surface area contributed by atoms with Crippen molar-refractivity contribution in [1.29, 1.82) is 0 Å². The van der Waals surface area contributed by atoms with Crippen molar-refractivity contribution in [3.8, 4) is 5.75 Å². The molecule has 0 bridgehead atoms. The van der Waals surface area contributed by atoms with E-state index in [4.69, 9.17) is 4.74 Å². The molecule has 29 heavy (non-hydrogen) atoms. The van der Waals surface area contributed by atoms with Crippen molar-refractivity contribution in [1.82, 2.24) is 9.80 Å². The fourth-order valence-corrected chi connectivity index (χ4v) is 3.55. The number of piperazine rings is 1. The Morgan fingerprint density at radius 2 is 1.59 bits per heavy atom. The largest absolute Gasteiger partial charge is 0.497 e. The van der Waals surface area contributed by atoms with Crippen molar-refractivity contribution in [2.75, 3.05) is 38.2 Å². The van der Waals surface area contributed by atoms with Crippen LogP contribution in [0.15, 0.2) is 42.5 Å². The molecule has 2 aliphatic heterocycles. The minimum absolute atomic E-state index is 0.211. The number of hydrogen-bond acceptors (Lipinski definition) is 5. The van der Waals surface area contributed by atoms with Crippen LogP contribution in [0.2, 0.25) is 0 Å². The molecule has 8 nitrogen and oxygen atoms in total. The maximum absolute atomic E-state index is 12.9. The van der Waals surface area contributed by atoms with Crippen molar-refractivity contribution in [2.24, 2.45) is 0 Å². The number of imide groups is 1. The molecule has 2 aromatic rings. The third kappa shape index (κ3) is 3.22. The Hall–Kier alpha value is -3.68. The predicted octanol–water partition coefficient (Wildman–Crippen LogP) is 1.41. The lowest BCUT2D eigenvalue weighted by atomic mass is 10.0. The van der Waals surface area contributed by atoms with E-state index in [2.05, 4.69) is 0 Å². The molecule has 0 aromatic heterocycles. The second-order valence-electron chi connectivity index (χ2n) is 6.84. The molecule has 2 heterocycles. The van der Waals surface area contributed by atoms with Crippen molar-refractivity contribution in [3.05, 3.63) is 59.2 Å². The van der Waals surface area contributed by atoms with Crippen LogP contribution in [0.1, 0.15) is 31.1 Å². The van der Waals surface area contributed by atoms with Gasteiger partial charge in [-0.25, -0.2) is 4.90 Å². The van der Waals surface area contributed by atoms with Gasteiger partial charge in [-0.3, -0.25) is 19.2 Å². The van der Waals surface area contributed by atoms with Crippen LogP contribution >= 0.6 is 0 Å². The summed E-state index contributed by atoms with van der Waals surface area (Å²) in [6.07, 6.45) is 0.773. The molecule has 0 radical (unpaired) electrons. The van der Waals surface area contributed by atoms with E-state index in [1.54, 1.807) is 40.1 Å². The van der Waals surface area contributed by atoms with Crippen molar-refractivity contribution >= 4 is 29.8 Å². The Balaban J connectivity index is 1.58. The number of nitrogens with zero attached hydrogens (tertiary/aromatic N) is 3. The van der Waals surface area contributed by atoms with Gasteiger partial charge in [-0.15, -0.1) is 0 Å². The number of rotatable bonds is 4. The summed E-state index contributed by atoms with van der Waals surface area (Å²) in [5.41, 5.74) is 1.27. The molecule has 0 N–H and O–H groups in total. The lowest BCUT2D eigenvalue weighted by Gasteiger charge is -2.32. The predicted molar refractivity (Wildman–Crippen MR) is 104 cm³/mol. The number of ether oxygens (including phenoxy) is 1. The zero-order valence-electron chi connectivity index (χ0n) is 15.8. The van der Waals surface area contributed by atoms with Crippen LogP contribution in [0.3, 0.4) is 0 Å². The van der Waals surface area contributed by atoms with Crippen LogP contribution < -0.4 is 9.64 Å². The molecule has 1 saturated heterocycles. The van der Waals surface area contributed by atoms with Crippen LogP contribution in [0, 0.1) is 0 Å². The quantitative estimate of drug-likeness (QED) is 0.579. The Bertz CT molecular complexity index is 994. The summed E-state index contributed by atoms with van der Waals surface area (Å²) >= 11 is 0. The maximum atomic E-state index is 12.9. The first kappa shape index (κ1) is 18.7. The minimum atomic E-state index is -0.462. The summed E-state index contributed by atoms with van der Waals surface area (Å²) in [6.45, 7) is 1.81. The molecule has 1 fully saturated rings. The summed E-state index contributed by atoms with van der Waals surface area (Å²) in [4.78, 5) is 53.6. The van der Waals surface area contributed by atoms with Crippen LogP contribution in [-0.2, 0) is 4.79 Å². The van der Waals surface area contributed by atoms with Gasteiger partial charge < -0.3 is 14.5 Å². The highest BCUT2D eigenvalue weighted by Crippen LogP contribution is 2.30. The van der Waals surface area contributed by atoms with Crippen LogP contribution in [0.4, 0.5) is 5.69 Å². The third-order valence-electron chi connectivity index (χ3n) is 5.21. The Kier molecular flexibility index (Phi) is 4.75. The number of hydrogen-bond donors (Lipinski definition) is 0. The number of fused-ring (bicyclic) bond motifs is 1. The van der Waals surface area contributed by atoms with Gasteiger partial charge in [0.05, 0.1) is 23.9 Å². The Morgan fingerprint density at radius 3 is 2.21 bits per heavy atom. The van der Waals surface area contributed by atoms with Gasteiger partial charge in [-0.2, -0.15) is 0 Å². The molecule has 0 aliphatic carbocycles. The van der Waals surface area contributed by atoms with Gasteiger partial charge in [0.25, 0.3) is 17.7 Å². The fourth-order valence-electron chi connectivity index (χ4n) is 3.55. The smallest absolute Gasteiger partial charge is 0.266 e. The average Bonchev–Trinajstić information content (AvgIpc) is 3.03. The van der Waals surface area contributed by atoms with Crippen molar-refractivity contribution in [2.45, 2.75) is 0 Å². The molecule has 0 atom stereocenters. The first-order chi connectivity index (χ1) is 14.0. The van der Waals surface area contributed by atoms with Gasteiger partial charge in [0, 0.05) is 31.7 Å². The van der Waals surface area contributed by atoms with Gasteiger partial charge in [-0.05, 0) is 42.5 Å². The molecule has 0 saturated carbocycles.